The molecule has 0 saturated carbocycles. The summed E-state index contributed by atoms with van der Waals surface area (Å²) in [5, 5.41) is 0. The zero-order valence-electron chi connectivity index (χ0n) is 30.8. The van der Waals surface area contributed by atoms with E-state index in [2.05, 4.69) is 25.3 Å². The van der Waals surface area contributed by atoms with Crippen LogP contribution in [0, 0.1) is 27.7 Å². The van der Waals surface area contributed by atoms with Crippen LogP contribution in [0.5, 0.6) is 0 Å². The normalized spacial score (nSPS) is 12.0. The van der Waals surface area contributed by atoms with Crippen molar-refractivity contribution in [3.63, 3.8) is 0 Å². The van der Waals surface area contributed by atoms with Gasteiger partial charge < -0.3 is 9.64 Å². The van der Waals surface area contributed by atoms with E-state index >= 15 is 0 Å². The highest BCUT2D eigenvalue weighted by molar-refractivity contribution is 7.93. The molecule has 13 heteroatoms. The Morgan fingerprint density at radius 2 is 0.923 bits per heavy atom. The SMILES string of the molecule is Cc1ccc(S(=O)(=O)N(CCCN(CCCN(c2ccc(C)cc2S)S(=O)(=O)c2ccc(C)cc2)C(=O)OC(C)(C)C)c2ccc(C)cc2S)cc1. The molecule has 1 amide bonds. The number of aryl methyl sites for hydroxylation is 4. The molecule has 0 N–H and O–H groups in total. The van der Waals surface area contributed by atoms with Gasteiger partial charge in [0, 0.05) is 36.0 Å². The third-order valence-electron chi connectivity index (χ3n) is 8.25. The number of ether oxygens (including phenoxy) is 1. The minimum absolute atomic E-state index is 0.0481. The average Bonchev–Trinajstić information content (AvgIpc) is 3.04. The zero-order valence-corrected chi connectivity index (χ0v) is 34.2. The van der Waals surface area contributed by atoms with Gasteiger partial charge >= 0.3 is 6.09 Å². The van der Waals surface area contributed by atoms with Crippen molar-refractivity contribution in [3.8, 4) is 0 Å². The summed E-state index contributed by atoms with van der Waals surface area (Å²) in [5.74, 6) is 0. The van der Waals surface area contributed by atoms with Crippen LogP contribution in [-0.4, -0.2) is 59.6 Å². The van der Waals surface area contributed by atoms with E-state index in [1.807, 2.05) is 52.0 Å². The number of hydrogen-bond donors (Lipinski definition) is 2. The molecule has 4 aromatic carbocycles. The summed E-state index contributed by atoms with van der Waals surface area (Å²) in [6, 6.07) is 24.1. The summed E-state index contributed by atoms with van der Waals surface area (Å²) >= 11 is 9.24. The zero-order chi connectivity index (χ0) is 38.4. The Labute approximate surface area is 320 Å². The van der Waals surface area contributed by atoms with E-state index in [0.717, 1.165) is 22.3 Å². The Kier molecular flexibility index (Phi) is 13.4. The summed E-state index contributed by atoms with van der Waals surface area (Å²) in [6.07, 6.45) is -0.0608. The molecular weight excluding hydrogens is 735 g/mol. The summed E-state index contributed by atoms with van der Waals surface area (Å²) in [7, 11) is -7.99. The summed E-state index contributed by atoms with van der Waals surface area (Å²) in [4.78, 5) is 16.4. The second-order valence-electron chi connectivity index (χ2n) is 13.9. The Morgan fingerprint density at radius 3 is 1.25 bits per heavy atom. The molecule has 0 bridgehead atoms. The maximum absolute atomic E-state index is 14.1. The summed E-state index contributed by atoms with van der Waals surface area (Å²) in [5.41, 5.74) is 3.80. The molecule has 0 unspecified atom stereocenters. The number of thiol groups is 2. The second kappa shape index (κ2) is 17.0. The van der Waals surface area contributed by atoms with Crippen LogP contribution in [0.15, 0.2) is 105 Å². The molecular formula is C39H49N3O6S4. The summed E-state index contributed by atoms with van der Waals surface area (Å²) in [6.45, 7) is 13.3. The van der Waals surface area contributed by atoms with Gasteiger partial charge in [-0.05, 0) is 121 Å². The predicted octanol–water partition coefficient (Wildman–Crippen LogP) is 8.61. The first-order chi connectivity index (χ1) is 24.3. The van der Waals surface area contributed by atoms with Gasteiger partial charge in [0.15, 0.2) is 0 Å². The van der Waals surface area contributed by atoms with Gasteiger partial charge in [-0.2, -0.15) is 0 Å². The fraction of sp³-hybridized carbons (Fsp3) is 0.359. The molecule has 0 saturated heterocycles. The first-order valence-electron chi connectivity index (χ1n) is 17.1. The molecule has 4 rings (SSSR count). The van der Waals surface area contributed by atoms with Crippen LogP contribution < -0.4 is 8.61 Å². The van der Waals surface area contributed by atoms with Gasteiger partial charge in [0.1, 0.15) is 5.60 Å². The molecule has 9 nitrogen and oxygen atoms in total. The molecule has 0 spiro atoms. The van der Waals surface area contributed by atoms with Gasteiger partial charge in [-0.25, -0.2) is 21.6 Å². The minimum atomic E-state index is -4.00. The first kappa shape index (κ1) is 41.1. The summed E-state index contributed by atoms with van der Waals surface area (Å²) < 4.78 is 64.6. The van der Waals surface area contributed by atoms with Crippen LogP contribution in [0.3, 0.4) is 0 Å². The number of amides is 1. The van der Waals surface area contributed by atoms with Crippen molar-refractivity contribution < 1.29 is 26.4 Å². The molecule has 0 aliphatic carbocycles. The topological polar surface area (TPSA) is 104 Å². The lowest BCUT2D eigenvalue weighted by Crippen LogP contribution is -2.41. The lowest BCUT2D eigenvalue weighted by Gasteiger charge is -2.31. The lowest BCUT2D eigenvalue weighted by atomic mass is 10.2. The maximum atomic E-state index is 14.1. The van der Waals surface area contributed by atoms with Crippen LogP contribution in [0.1, 0.15) is 55.9 Å². The largest absolute Gasteiger partial charge is 0.444 e. The van der Waals surface area contributed by atoms with E-state index in [9.17, 15) is 21.6 Å². The van der Waals surface area contributed by atoms with Crippen molar-refractivity contribution in [2.24, 2.45) is 0 Å². The fourth-order valence-electron chi connectivity index (χ4n) is 5.54. The standard InChI is InChI=1S/C39H49N3O6S4/c1-28-10-16-32(17-11-28)51(44,45)41(34-20-14-30(3)26-36(34)49)24-8-22-40(38(43)48-39(5,6)7)23-9-25-42(35-21-15-31(4)27-37(35)50)52(46,47)33-18-12-29(2)13-19-33/h10-21,26-27,49-50H,8-9,22-25H2,1-7H3. The van der Waals surface area contributed by atoms with Crippen LogP contribution in [0.4, 0.5) is 16.2 Å². The molecule has 0 fully saturated rings. The number of rotatable bonds is 14. The van der Waals surface area contributed by atoms with Gasteiger partial charge in [0.25, 0.3) is 20.0 Å². The number of carbonyl (C=O) groups is 1. The van der Waals surface area contributed by atoms with Crippen molar-refractivity contribution >= 4 is 62.8 Å². The number of carbonyl (C=O) groups excluding carboxylic acids is 1. The highest BCUT2D eigenvalue weighted by atomic mass is 32.2. The quantitative estimate of drug-likeness (QED) is 0.124. The van der Waals surface area contributed by atoms with Crippen LogP contribution >= 0.6 is 25.3 Å². The Balaban J connectivity index is 1.61. The van der Waals surface area contributed by atoms with Gasteiger partial charge in [-0.3, -0.25) is 8.61 Å². The van der Waals surface area contributed by atoms with Crippen LogP contribution in [-0.2, 0) is 24.8 Å². The Hall–Kier alpha value is -3.65. The van der Waals surface area contributed by atoms with E-state index in [4.69, 9.17) is 4.74 Å². The maximum Gasteiger partial charge on any atom is 0.410 e. The number of nitrogens with zero attached hydrogens (tertiary/aromatic N) is 3. The van der Waals surface area contributed by atoms with Crippen molar-refractivity contribution in [1.29, 1.82) is 0 Å². The third-order valence-corrected chi connectivity index (χ3v) is 12.6. The third kappa shape index (κ3) is 10.5. The van der Waals surface area contributed by atoms with Crippen LogP contribution in [0.25, 0.3) is 0 Å². The number of hydrogen-bond acceptors (Lipinski definition) is 8. The molecule has 280 valence electrons. The average molecular weight is 784 g/mol. The Bertz CT molecular complexity index is 1940. The molecule has 0 radical (unpaired) electrons. The molecule has 0 aliphatic heterocycles. The fourth-order valence-corrected chi connectivity index (χ4v) is 9.51. The number of benzene rings is 4. The van der Waals surface area contributed by atoms with Gasteiger partial charge in [0.2, 0.25) is 0 Å². The highest BCUT2D eigenvalue weighted by Gasteiger charge is 2.30. The van der Waals surface area contributed by atoms with Crippen molar-refractivity contribution in [1.82, 2.24) is 4.90 Å². The molecule has 0 aliphatic rings. The van der Waals surface area contributed by atoms with Crippen molar-refractivity contribution in [2.75, 3.05) is 34.8 Å². The van der Waals surface area contributed by atoms with E-state index in [-0.39, 0.29) is 48.8 Å². The Morgan fingerprint density at radius 1 is 0.577 bits per heavy atom. The lowest BCUT2D eigenvalue weighted by molar-refractivity contribution is 0.0248. The van der Waals surface area contributed by atoms with E-state index in [0.29, 0.717) is 21.2 Å². The van der Waals surface area contributed by atoms with Crippen LogP contribution in [0.2, 0.25) is 0 Å². The van der Waals surface area contributed by atoms with E-state index < -0.39 is 31.7 Å². The van der Waals surface area contributed by atoms with Gasteiger partial charge in [0.05, 0.1) is 21.2 Å². The molecule has 0 heterocycles. The minimum Gasteiger partial charge on any atom is -0.444 e. The predicted molar refractivity (Wildman–Crippen MR) is 215 cm³/mol. The molecule has 52 heavy (non-hydrogen) atoms. The van der Waals surface area contributed by atoms with Gasteiger partial charge in [-0.1, -0.05) is 47.5 Å². The van der Waals surface area contributed by atoms with Crippen molar-refractivity contribution in [2.45, 2.75) is 86.5 Å². The van der Waals surface area contributed by atoms with Crippen molar-refractivity contribution in [3.05, 3.63) is 107 Å². The van der Waals surface area contributed by atoms with E-state index in [1.54, 1.807) is 81.4 Å². The highest BCUT2D eigenvalue weighted by Crippen LogP contribution is 2.32. The number of sulfonamides is 2. The first-order valence-corrected chi connectivity index (χ1v) is 20.8. The van der Waals surface area contributed by atoms with Gasteiger partial charge in [-0.15, -0.1) is 25.3 Å². The monoisotopic (exact) mass is 783 g/mol. The second-order valence-corrected chi connectivity index (χ2v) is 18.6. The number of anilines is 2. The smallest absolute Gasteiger partial charge is 0.410 e. The van der Waals surface area contributed by atoms with E-state index in [1.165, 1.54) is 13.5 Å². The molecule has 4 aromatic rings. The molecule has 0 aromatic heterocycles. The molecule has 0 atom stereocenters.